The van der Waals surface area contributed by atoms with E-state index in [2.05, 4.69) is 6.92 Å². The molecular weight excluding hydrogens is 162 g/mol. The van der Waals surface area contributed by atoms with Gasteiger partial charge in [0.1, 0.15) is 0 Å². The Kier molecular flexibility index (Phi) is 2.61. The minimum absolute atomic E-state index is 0.0654. The SMILES string of the molecule is CCOC1(C(N)C2CC2)CCCC1. The summed E-state index contributed by atoms with van der Waals surface area (Å²) in [6.07, 6.45) is 7.66. The zero-order valence-corrected chi connectivity index (χ0v) is 8.59. The van der Waals surface area contributed by atoms with Gasteiger partial charge in [0.05, 0.1) is 5.60 Å². The van der Waals surface area contributed by atoms with Crippen LogP contribution in [0, 0.1) is 5.92 Å². The number of hydrogen-bond acceptors (Lipinski definition) is 2. The maximum absolute atomic E-state index is 6.28. The zero-order chi connectivity index (χ0) is 9.31. The summed E-state index contributed by atoms with van der Waals surface area (Å²) in [6.45, 7) is 2.90. The number of hydrogen-bond donors (Lipinski definition) is 1. The molecule has 13 heavy (non-hydrogen) atoms. The fourth-order valence-electron chi connectivity index (χ4n) is 2.72. The van der Waals surface area contributed by atoms with Crippen molar-refractivity contribution in [3.8, 4) is 0 Å². The van der Waals surface area contributed by atoms with Crippen LogP contribution in [0.15, 0.2) is 0 Å². The van der Waals surface area contributed by atoms with Crippen molar-refractivity contribution in [3.05, 3.63) is 0 Å². The van der Waals surface area contributed by atoms with E-state index in [0.29, 0.717) is 6.04 Å². The molecule has 2 aliphatic carbocycles. The van der Waals surface area contributed by atoms with Crippen molar-refractivity contribution >= 4 is 0 Å². The molecule has 2 nitrogen and oxygen atoms in total. The Hall–Kier alpha value is -0.0800. The van der Waals surface area contributed by atoms with Crippen LogP contribution in [-0.4, -0.2) is 18.2 Å². The lowest BCUT2D eigenvalue weighted by Gasteiger charge is -2.35. The predicted molar refractivity (Wildman–Crippen MR) is 53.5 cm³/mol. The first kappa shape index (κ1) is 9.47. The van der Waals surface area contributed by atoms with Crippen LogP contribution in [0.25, 0.3) is 0 Å². The van der Waals surface area contributed by atoms with Gasteiger partial charge in [-0.1, -0.05) is 12.8 Å². The third kappa shape index (κ3) is 1.75. The molecule has 2 N–H and O–H groups in total. The summed E-state index contributed by atoms with van der Waals surface area (Å²) < 4.78 is 5.93. The number of rotatable bonds is 4. The first-order chi connectivity index (χ1) is 6.28. The van der Waals surface area contributed by atoms with E-state index < -0.39 is 0 Å². The van der Waals surface area contributed by atoms with E-state index in [0.717, 1.165) is 12.5 Å². The van der Waals surface area contributed by atoms with Crippen molar-refractivity contribution in [3.63, 3.8) is 0 Å². The number of nitrogens with two attached hydrogens (primary N) is 1. The topological polar surface area (TPSA) is 35.2 Å². The molecular formula is C11H21NO. The molecule has 2 fully saturated rings. The lowest BCUT2D eigenvalue weighted by molar-refractivity contribution is -0.0573. The molecule has 0 aromatic heterocycles. The monoisotopic (exact) mass is 183 g/mol. The van der Waals surface area contributed by atoms with Crippen molar-refractivity contribution in [1.82, 2.24) is 0 Å². The molecule has 2 rings (SSSR count). The standard InChI is InChI=1S/C11H21NO/c1-2-13-11(7-3-4-8-11)10(12)9-5-6-9/h9-10H,2-8,12H2,1H3. The molecule has 0 spiro atoms. The maximum atomic E-state index is 6.28. The van der Waals surface area contributed by atoms with E-state index in [1.54, 1.807) is 0 Å². The highest BCUT2D eigenvalue weighted by Crippen LogP contribution is 2.44. The Bertz CT molecular complexity index is 171. The summed E-state index contributed by atoms with van der Waals surface area (Å²) in [5.41, 5.74) is 6.35. The zero-order valence-electron chi connectivity index (χ0n) is 8.59. The Morgan fingerprint density at radius 1 is 1.38 bits per heavy atom. The summed E-state index contributed by atoms with van der Waals surface area (Å²) in [4.78, 5) is 0. The van der Waals surface area contributed by atoms with Crippen LogP contribution < -0.4 is 5.73 Å². The van der Waals surface area contributed by atoms with E-state index >= 15 is 0 Å². The molecule has 0 bridgehead atoms. The summed E-state index contributed by atoms with van der Waals surface area (Å²) in [5, 5.41) is 0. The average molecular weight is 183 g/mol. The van der Waals surface area contributed by atoms with Gasteiger partial charge in [-0.15, -0.1) is 0 Å². The largest absolute Gasteiger partial charge is 0.374 e. The van der Waals surface area contributed by atoms with Crippen molar-refractivity contribution in [2.45, 2.75) is 57.1 Å². The highest BCUT2D eigenvalue weighted by Gasteiger charge is 2.46. The molecule has 0 aromatic rings. The van der Waals surface area contributed by atoms with Gasteiger partial charge in [0.15, 0.2) is 0 Å². The molecule has 76 valence electrons. The molecule has 0 radical (unpaired) electrons. The van der Waals surface area contributed by atoms with Crippen LogP contribution in [0.5, 0.6) is 0 Å². The van der Waals surface area contributed by atoms with Crippen LogP contribution in [0.1, 0.15) is 45.4 Å². The van der Waals surface area contributed by atoms with Gasteiger partial charge in [0.25, 0.3) is 0 Å². The summed E-state index contributed by atoms with van der Waals surface area (Å²) in [5.74, 6) is 0.768. The lowest BCUT2D eigenvalue weighted by atomic mass is 9.89. The van der Waals surface area contributed by atoms with Crippen molar-refractivity contribution in [2.24, 2.45) is 11.7 Å². The Balaban J connectivity index is 2.01. The van der Waals surface area contributed by atoms with E-state index in [4.69, 9.17) is 10.5 Å². The minimum Gasteiger partial charge on any atom is -0.374 e. The van der Waals surface area contributed by atoms with Crippen LogP contribution in [0.2, 0.25) is 0 Å². The Labute approximate surface area is 80.8 Å². The minimum atomic E-state index is 0.0654. The smallest absolute Gasteiger partial charge is 0.0835 e. The summed E-state index contributed by atoms with van der Waals surface area (Å²) >= 11 is 0. The first-order valence-corrected chi connectivity index (χ1v) is 5.68. The molecule has 2 aliphatic rings. The molecule has 0 aromatic carbocycles. The molecule has 2 saturated carbocycles. The van der Waals surface area contributed by atoms with Gasteiger partial charge in [0, 0.05) is 12.6 Å². The van der Waals surface area contributed by atoms with E-state index in [1.807, 2.05) is 0 Å². The second kappa shape index (κ2) is 3.58. The normalized spacial score (nSPS) is 29.1. The van der Waals surface area contributed by atoms with E-state index in [-0.39, 0.29) is 5.60 Å². The summed E-state index contributed by atoms with van der Waals surface area (Å²) in [6, 6.07) is 0.315. The highest BCUT2D eigenvalue weighted by molar-refractivity contribution is 5.02. The first-order valence-electron chi connectivity index (χ1n) is 5.68. The van der Waals surface area contributed by atoms with Crippen LogP contribution in [0.4, 0.5) is 0 Å². The predicted octanol–water partition coefficient (Wildman–Crippen LogP) is 2.07. The molecule has 2 heteroatoms. The molecule has 1 atom stereocenters. The van der Waals surface area contributed by atoms with Gasteiger partial charge < -0.3 is 10.5 Å². The fraction of sp³-hybridized carbons (Fsp3) is 1.00. The van der Waals surface area contributed by atoms with Crippen molar-refractivity contribution in [1.29, 1.82) is 0 Å². The van der Waals surface area contributed by atoms with Crippen LogP contribution in [0.3, 0.4) is 0 Å². The van der Waals surface area contributed by atoms with E-state index in [9.17, 15) is 0 Å². The van der Waals surface area contributed by atoms with Gasteiger partial charge in [-0.2, -0.15) is 0 Å². The third-order valence-electron chi connectivity index (χ3n) is 3.62. The van der Waals surface area contributed by atoms with Crippen LogP contribution >= 0.6 is 0 Å². The maximum Gasteiger partial charge on any atom is 0.0835 e. The van der Waals surface area contributed by atoms with Crippen molar-refractivity contribution in [2.75, 3.05) is 6.61 Å². The van der Waals surface area contributed by atoms with Gasteiger partial charge >= 0.3 is 0 Å². The Morgan fingerprint density at radius 2 is 2.00 bits per heavy atom. The molecule has 0 aliphatic heterocycles. The molecule has 1 unspecified atom stereocenters. The van der Waals surface area contributed by atoms with Gasteiger partial charge in [-0.05, 0) is 38.5 Å². The Morgan fingerprint density at radius 3 is 2.46 bits per heavy atom. The molecule has 0 saturated heterocycles. The number of ether oxygens (including phenoxy) is 1. The quantitative estimate of drug-likeness (QED) is 0.724. The molecule has 0 heterocycles. The second-order valence-electron chi connectivity index (χ2n) is 4.57. The van der Waals surface area contributed by atoms with Gasteiger partial charge in [0.2, 0.25) is 0 Å². The van der Waals surface area contributed by atoms with Gasteiger partial charge in [-0.3, -0.25) is 0 Å². The third-order valence-corrected chi connectivity index (χ3v) is 3.62. The average Bonchev–Trinajstić information content (AvgIpc) is 2.87. The second-order valence-corrected chi connectivity index (χ2v) is 4.57. The van der Waals surface area contributed by atoms with Crippen molar-refractivity contribution < 1.29 is 4.74 Å². The van der Waals surface area contributed by atoms with E-state index in [1.165, 1.54) is 38.5 Å². The lowest BCUT2D eigenvalue weighted by Crippen LogP contribution is -2.49. The fourth-order valence-corrected chi connectivity index (χ4v) is 2.72. The molecule has 0 amide bonds. The summed E-state index contributed by atoms with van der Waals surface area (Å²) in [7, 11) is 0. The van der Waals surface area contributed by atoms with Crippen LogP contribution in [-0.2, 0) is 4.74 Å². The highest BCUT2D eigenvalue weighted by atomic mass is 16.5. The van der Waals surface area contributed by atoms with Gasteiger partial charge in [-0.25, -0.2) is 0 Å².